The first-order chi connectivity index (χ1) is 10.2. The fourth-order valence-corrected chi connectivity index (χ4v) is 3.14. The zero-order chi connectivity index (χ0) is 15.1. The molecule has 0 spiro atoms. The Labute approximate surface area is 130 Å². The SMILES string of the molecule is CN(Cc1csc(C#CCN)c1)C(=O)CCC1CCCO1. The largest absolute Gasteiger partial charge is 0.378 e. The number of carbonyl (C=O) groups excluding carboxylic acids is 1. The smallest absolute Gasteiger partial charge is 0.222 e. The maximum Gasteiger partial charge on any atom is 0.222 e. The van der Waals surface area contributed by atoms with Gasteiger partial charge in [0.2, 0.25) is 5.91 Å². The van der Waals surface area contributed by atoms with Gasteiger partial charge in [-0.05, 0) is 36.3 Å². The minimum atomic E-state index is 0.172. The van der Waals surface area contributed by atoms with Gasteiger partial charge in [0.1, 0.15) is 0 Å². The molecule has 1 aliphatic heterocycles. The topological polar surface area (TPSA) is 55.6 Å². The number of carbonyl (C=O) groups is 1. The summed E-state index contributed by atoms with van der Waals surface area (Å²) in [6.45, 7) is 1.84. The van der Waals surface area contributed by atoms with E-state index in [1.807, 2.05) is 18.5 Å². The first-order valence-corrected chi connectivity index (χ1v) is 8.19. The fourth-order valence-electron chi connectivity index (χ4n) is 2.37. The van der Waals surface area contributed by atoms with Crippen LogP contribution in [0.2, 0.25) is 0 Å². The lowest BCUT2D eigenvalue weighted by molar-refractivity contribution is -0.131. The molecule has 0 saturated carbocycles. The molecule has 5 heteroatoms. The molecule has 1 fully saturated rings. The van der Waals surface area contributed by atoms with Gasteiger partial charge in [-0.15, -0.1) is 11.3 Å². The molecular formula is C16H22N2O2S. The monoisotopic (exact) mass is 306 g/mol. The Morgan fingerprint density at radius 2 is 2.48 bits per heavy atom. The normalized spacial score (nSPS) is 17.3. The van der Waals surface area contributed by atoms with Crippen LogP contribution in [0.1, 0.15) is 36.1 Å². The molecule has 4 nitrogen and oxygen atoms in total. The molecule has 2 rings (SSSR count). The van der Waals surface area contributed by atoms with Gasteiger partial charge in [-0.25, -0.2) is 0 Å². The molecule has 1 aromatic heterocycles. The van der Waals surface area contributed by atoms with Gasteiger partial charge in [-0.2, -0.15) is 0 Å². The quantitative estimate of drug-likeness (QED) is 0.846. The summed E-state index contributed by atoms with van der Waals surface area (Å²) in [4.78, 5) is 14.9. The molecule has 21 heavy (non-hydrogen) atoms. The van der Waals surface area contributed by atoms with Crippen molar-refractivity contribution in [2.45, 2.75) is 38.3 Å². The number of hydrogen-bond acceptors (Lipinski definition) is 4. The molecule has 2 heterocycles. The Morgan fingerprint density at radius 1 is 1.62 bits per heavy atom. The minimum Gasteiger partial charge on any atom is -0.378 e. The van der Waals surface area contributed by atoms with E-state index in [9.17, 15) is 4.79 Å². The Kier molecular flexibility index (Phi) is 6.24. The van der Waals surface area contributed by atoms with Crippen LogP contribution in [-0.4, -0.2) is 37.1 Å². The van der Waals surface area contributed by atoms with Crippen molar-refractivity contribution in [3.8, 4) is 11.8 Å². The van der Waals surface area contributed by atoms with Gasteiger partial charge >= 0.3 is 0 Å². The summed E-state index contributed by atoms with van der Waals surface area (Å²) in [5.41, 5.74) is 6.48. The second-order valence-corrected chi connectivity index (χ2v) is 6.16. The second-order valence-electron chi connectivity index (χ2n) is 5.25. The summed E-state index contributed by atoms with van der Waals surface area (Å²) in [5.74, 6) is 6.02. The molecule has 0 aliphatic carbocycles. The molecule has 1 atom stereocenters. The van der Waals surface area contributed by atoms with Crippen molar-refractivity contribution < 1.29 is 9.53 Å². The third-order valence-electron chi connectivity index (χ3n) is 3.52. The van der Waals surface area contributed by atoms with Crippen LogP contribution in [0.25, 0.3) is 0 Å². The van der Waals surface area contributed by atoms with Gasteiger partial charge in [0.15, 0.2) is 0 Å². The molecule has 1 aliphatic rings. The lowest BCUT2D eigenvalue weighted by atomic mass is 10.1. The lowest BCUT2D eigenvalue weighted by Crippen LogP contribution is -2.26. The highest BCUT2D eigenvalue weighted by molar-refractivity contribution is 7.10. The Morgan fingerprint density at radius 3 is 3.19 bits per heavy atom. The molecule has 1 saturated heterocycles. The number of rotatable bonds is 5. The van der Waals surface area contributed by atoms with Gasteiger partial charge < -0.3 is 15.4 Å². The molecule has 0 radical (unpaired) electrons. The molecule has 114 valence electrons. The predicted molar refractivity (Wildman–Crippen MR) is 84.9 cm³/mol. The molecular weight excluding hydrogens is 284 g/mol. The highest BCUT2D eigenvalue weighted by Gasteiger charge is 2.18. The van der Waals surface area contributed by atoms with Crippen LogP contribution in [0, 0.1) is 11.8 Å². The van der Waals surface area contributed by atoms with Crippen LogP contribution in [0.5, 0.6) is 0 Å². The second kappa shape index (κ2) is 8.18. The fraction of sp³-hybridized carbons (Fsp3) is 0.562. The van der Waals surface area contributed by atoms with E-state index in [0.717, 1.165) is 36.3 Å². The van der Waals surface area contributed by atoms with Gasteiger partial charge in [0.05, 0.1) is 17.5 Å². The van der Waals surface area contributed by atoms with E-state index in [1.165, 1.54) is 0 Å². The highest BCUT2D eigenvalue weighted by atomic mass is 32.1. The first-order valence-electron chi connectivity index (χ1n) is 7.31. The Balaban J connectivity index is 1.78. The van der Waals surface area contributed by atoms with Crippen molar-refractivity contribution in [1.82, 2.24) is 4.90 Å². The van der Waals surface area contributed by atoms with E-state index < -0.39 is 0 Å². The standard InChI is InChI=1S/C16H22N2O2S/c1-18(16(19)7-6-14-4-3-9-20-14)11-13-10-15(21-12-13)5-2-8-17/h10,12,14H,3-4,6-9,11,17H2,1H3. The van der Waals surface area contributed by atoms with Crippen LogP contribution in [0.15, 0.2) is 11.4 Å². The van der Waals surface area contributed by atoms with E-state index >= 15 is 0 Å². The summed E-state index contributed by atoms with van der Waals surface area (Å²) in [6, 6.07) is 2.02. The number of nitrogens with two attached hydrogens (primary N) is 1. The van der Waals surface area contributed by atoms with Gasteiger partial charge in [-0.1, -0.05) is 11.8 Å². The van der Waals surface area contributed by atoms with E-state index in [2.05, 4.69) is 11.8 Å². The molecule has 0 bridgehead atoms. The molecule has 2 N–H and O–H groups in total. The highest BCUT2D eigenvalue weighted by Crippen LogP contribution is 2.18. The van der Waals surface area contributed by atoms with E-state index in [4.69, 9.17) is 10.5 Å². The van der Waals surface area contributed by atoms with Crippen LogP contribution < -0.4 is 5.73 Å². The van der Waals surface area contributed by atoms with Gasteiger partial charge in [-0.3, -0.25) is 4.79 Å². The third kappa shape index (κ3) is 5.16. The van der Waals surface area contributed by atoms with Crippen molar-refractivity contribution in [3.63, 3.8) is 0 Å². The predicted octanol–water partition coefficient (Wildman–Crippen LogP) is 1.98. The van der Waals surface area contributed by atoms with Crippen molar-refractivity contribution in [1.29, 1.82) is 0 Å². The van der Waals surface area contributed by atoms with E-state index in [1.54, 1.807) is 16.2 Å². The summed E-state index contributed by atoms with van der Waals surface area (Å²) in [6.07, 6.45) is 3.88. The summed E-state index contributed by atoms with van der Waals surface area (Å²) in [7, 11) is 1.85. The van der Waals surface area contributed by atoms with Crippen molar-refractivity contribution in [2.24, 2.45) is 5.73 Å². The number of amides is 1. The number of hydrogen-bond donors (Lipinski definition) is 1. The summed E-state index contributed by atoms with van der Waals surface area (Å²) >= 11 is 1.59. The molecule has 1 unspecified atom stereocenters. The Bertz CT molecular complexity index is 524. The average Bonchev–Trinajstić information content (AvgIpc) is 3.14. The zero-order valence-corrected chi connectivity index (χ0v) is 13.2. The van der Waals surface area contributed by atoms with Crippen molar-refractivity contribution in [2.75, 3.05) is 20.2 Å². The maximum absolute atomic E-state index is 12.1. The summed E-state index contributed by atoms with van der Waals surface area (Å²) < 4.78 is 5.55. The van der Waals surface area contributed by atoms with E-state index in [0.29, 0.717) is 19.5 Å². The van der Waals surface area contributed by atoms with E-state index in [-0.39, 0.29) is 12.0 Å². The number of thiophene rings is 1. The van der Waals surface area contributed by atoms with Crippen LogP contribution in [0.4, 0.5) is 0 Å². The average molecular weight is 306 g/mol. The first kappa shape index (κ1) is 16.0. The number of nitrogens with zero attached hydrogens (tertiary/aromatic N) is 1. The molecule has 1 amide bonds. The van der Waals surface area contributed by atoms with Crippen LogP contribution in [0.3, 0.4) is 0 Å². The summed E-state index contributed by atoms with van der Waals surface area (Å²) in [5, 5.41) is 2.05. The maximum atomic E-state index is 12.1. The molecule has 1 aromatic rings. The van der Waals surface area contributed by atoms with Crippen molar-refractivity contribution in [3.05, 3.63) is 21.9 Å². The minimum absolute atomic E-state index is 0.172. The lowest BCUT2D eigenvalue weighted by Gasteiger charge is -2.17. The zero-order valence-electron chi connectivity index (χ0n) is 12.4. The Hall–Kier alpha value is -1.35. The van der Waals surface area contributed by atoms with Gasteiger partial charge in [0, 0.05) is 26.6 Å². The molecule has 0 aromatic carbocycles. The van der Waals surface area contributed by atoms with Gasteiger partial charge in [0.25, 0.3) is 0 Å². The van der Waals surface area contributed by atoms with Crippen LogP contribution in [-0.2, 0) is 16.1 Å². The number of ether oxygens (including phenoxy) is 1. The van der Waals surface area contributed by atoms with Crippen LogP contribution >= 0.6 is 11.3 Å². The third-order valence-corrected chi connectivity index (χ3v) is 4.41. The van der Waals surface area contributed by atoms with Crippen molar-refractivity contribution >= 4 is 17.2 Å².